The molecule has 2 N–H and O–H groups in total. The third-order valence-electron chi connectivity index (χ3n) is 4.42. The number of benzene rings is 2. The van der Waals surface area contributed by atoms with Crippen LogP contribution in [0.25, 0.3) is 0 Å². The molecular formula is C19H17F2NO4S. The highest BCUT2D eigenvalue weighted by atomic mass is 32.2. The summed E-state index contributed by atoms with van der Waals surface area (Å²) in [7, 11) is 0. The summed E-state index contributed by atoms with van der Waals surface area (Å²) >= 11 is 1.51. The highest BCUT2D eigenvalue weighted by Crippen LogP contribution is 2.37. The van der Waals surface area contributed by atoms with Crippen LogP contribution in [0, 0.1) is 17.0 Å². The van der Waals surface area contributed by atoms with Crippen molar-refractivity contribution in [2.45, 2.75) is 11.3 Å². The third kappa shape index (κ3) is 4.12. The molecule has 2 aromatic carbocycles. The number of halogens is 2. The van der Waals surface area contributed by atoms with Crippen LogP contribution in [0.15, 0.2) is 47.4 Å². The summed E-state index contributed by atoms with van der Waals surface area (Å²) in [6, 6.07) is 9.65. The van der Waals surface area contributed by atoms with Crippen molar-refractivity contribution in [2.24, 2.45) is 5.41 Å². The summed E-state index contributed by atoms with van der Waals surface area (Å²) in [6.07, 6.45) is -0.640. The molecule has 0 aliphatic carbocycles. The van der Waals surface area contributed by atoms with Crippen molar-refractivity contribution < 1.29 is 28.2 Å². The van der Waals surface area contributed by atoms with Crippen LogP contribution < -0.4 is 10.1 Å². The maximum absolute atomic E-state index is 13.6. The summed E-state index contributed by atoms with van der Waals surface area (Å²) in [6.45, 7) is -0.620. The van der Waals surface area contributed by atoms with E-state index in [1.165, 1.54) is 11.8 Å². The molecule has 1 unspecified atom stereocenters. The number of aliphatic hydroxyl groups excluding tert-OH is 1. The fraction of sp³-hybridized carbons (Fsp3) is 0.263. The fourth-order valence-corrected chi connectivity index (χ4v) is 4.05. The Balaban J connectivity index is 1.72. The standard InChI is InChI=1S/C19H17F2NO4S/c20-12-5-6-15(14(21)9-12)26-18(25)22-10-19(11-23)7-8-27-16-4-2-1-3-13(16)17(19)24/h1-6,9,23H,7-8,10-11H2,(H,22,25). The minimum Gasteiger partial charge on any atom is -0.407 e. The molecule has 142 valence electrons. The number of ether oxygens (including phenoxy) is 1. The zero-order chi connectivity index (χ0) is 19.4. The molecule has 0 saturated carbocycles. The normalized spacial score (nSPS) is 19.1. The fourth-order valence-electron chi connectivity index (χ4n) is 2.85. The molecule has 0 radical (unpaired) electrons. The van der Waals surface area contributed by atoms with E-state index in [-0.39, 0.29) is 12.3 Å². The summed E-state index contributed by atoms with van der Waals surface area (Å²) in [4.78, 5) is 25.8. The number of nitrogens with one attached hydrogen (secondary N) is 1. The lowest BCUT2D eigenvalue weighted by molar-refractivity contribution is 0.0629. The average molecular weight is 393 g/mol. The van der Waals surface area contributed by atoms with Gasteiger partial charge in [0.2, 0.25) is 0 Å². The number of hydrogen-bond donors (Lipinski definition) is 2. The molecule has 1 atom stereocenters. The Bertz CT molecular complexity index is 877. The number of amides is 1. The van der Waals surface area contributed by atoms with Crippen molar-refractivity contribution in [3.05, 3.63) is 59.7 Å². The summed E-state index contributed by atoms with van der Waals surface area (Å²) in [5.74, 6) is -1.91. The van der Waals surface area contributed by atoms with Crippen molar-refractivity contribution in [3.63, 3.8) is 0 Å². The van der Waals surface area contributed by atoms with E-state index < -0.39 is 35.5 Å². The van der Waals surface area contributed by atoms with E-state index in [1.807, 2.05) is 12.1 Å². The van der Waals surface area contributed by atoms with Crippen LogP contribution in [0.5, 0.6) is 5.75 Å². The van der Waals surface area contributed by atoms with Crippen LogP contribution >= 0.6 is 11.8 Å². The minimum absolute atomic E-state index is 0.168. The van der Waals surface area contributed by atoms with E-state index >= 15 is 0 Å². The molecule has 0 saturated heterocycles. The third-order valence-corrected chi connectivity index (χ3v) is 5.50. The van der Waals surface area contributed by atoms with Crippen LogP contribution in [0.1, 0.15) is 16.8 Å². The van der Waals surface area contributed by atoms with Crippen molar-refractivity contribution >= 4 is 23.6 Å². The lowest BCUT2D eigenvalue weighted by atomic mass is 9.78. The van der Waals surface area contributed by atoms with Crippen molar-refractivity contribution in [3.8, 4) is 5.75 Å². The first-order valence-electron chi connectivity index (χ1n) is 8.23. The molecule has 0 spiro atoms. The zero-order valence-corrected chi connectivity index (χ0v) is 15.0. The Labute approximate surface area is 158 Å². The van der Waals surface area contributed by atoms with Gasteiger partial charge in [-0.25, -0.2) is 13.6 Å². The van der Waals surface area contributed by atoms with Gasteiger partial charge in [0.15, 0.2) is 17.3 Å². The van der Waals surface area contributed by atoms with Gasteiger partial charge in [0.1, 0.15) is 5.82 Å². The van der Waals surface area contributed by atoms with E-state index in [0.29, 0.717) is 23.8 Å². The van der Waals surface area contributed by atoms with E-state index in [4.69, 9.17) is 4.74 Å². The number of aliphatic hydroxyl groups is 1. The Kier molecular flexibility index (Phi) is 5.76. The highest BCUT2D eigenvalue weighted by molar-refractivity contribution is 7.99. The summed E-state index contributed by atoms with van der Waals surface area (Å²) < 4.78 is 31.3. The molecule has 5 nitrogen and oxygen atoms in total. The Hall–Kier alpha value is -2.45. The first-order chi connectivity index (χ1) is 12.9. The highest BCUT2D eigenvalue weighted by Gasteiger charge is 2.41. The lowest BCUT2D eigenvalue weighted by Crippen LogP contribution is -2.46. The van der Waals surface area contributed by atoms with Gasteiger partial charge >= 0.3 is 6.09 Å². The van der Waals surface area contributed by atoms with Crippen LogP contribution in [-0.4, -0.2) is 35.9 Å². The summed E-state index contributed by atoms with van der Waals surface area (Å²) in [5.41, 5.74) is -0.700. The smallest absolute Gasteiger partial charge is 0.407 e. The molecule has 1 aliphatic heterocycles. The van der Waals surface area contributed by atoms with Crippen molar-refractivity contribution in [2.75, 3.05) is 18.9 Å². The topological polar surface area (TPSA) is 75.6 Å². The van der Waals surface area contributed by atoms with Gasteiger partial charge in [-0.3, -0.25) is 4.79 Å². The van der Waals surface area contributed by atoms with Gasteiger partial charge in [0, 0.05) is 23.1 Å². The maximum atomic E-state index is 13.6. The van der Waals surface area contributed by atoms with Gasteiger partial charge in [0.05, 0.1) is 12.0 Å². The van der Waals surface area contributed by atoms with Gasteiger partial charge in [-0.05, 0) is 30.4 Å². The number of carbonyl (C=O) groups is 2. The molecule has 1 amide bonds. The first-order valence-corrected chi connectivity index (χ1v) is 9.22. The molecule has 2 aromatic rings. The zero-order valence-electron chi connectivity index (χ0n) is 14.2. The van der Waals surface area contributed by atoms with Gasteiger partial charge in [-0.2, -0.15) is 0 Å². The van der Waals surface area contributed by atoms with Crippen molar-refractivity contribution in [1.29, 1.82) is 0 Å². The number of hydrogen-bond acceptors (Lipinski definition) is 5. The Morgan fingerprint density at radius 3 is 2.78 bits per heavy atom. The second-order valence-corrected chi connectivity index (χ2v) is 7.32. The number of Topliss-reactive ketones (excluding diaryl/α,β-unsaturated/α-hetero) is 1. The predicted octanol–water partition coefficient (Wildman–Crippen LogP) is 3.41. The molecule has 3 rings (SSSR count). The van der Waals surface area contributed by atoms with E-state index in [2.05, 4.69) is 5.32 Å². The number of fused-ring (bicyclic) bond motifs is 1. The Morgan fingerprint density at radius 1 is 1.26 bits per heavy atom. The molecular weight excluding hydrogens is 376 g/mol. The molecule has 0 aromatic heterocycles. The number of rotatable bonds is 4. The van der Waals surface area contributed by atoms with E-state index in [0.717, 1.165) is 17.0 Å². The van der Waals surface area contributed by atoms with Crippen LogP contribution in [-0.2, 0) is 0 Å². The number of thioether (sulfide) groups is 1. The van der Waals surface area contributed by atoms with Crippen LogP contribution in [0.3, 0.4) is 0 Å². The lowest BCUT2D eigenvalue weighted by Gasteiger charge is -2.29. The summed E-state index contributed by atoms with van der Waals surface area (Å²) in [5, 5.41) is 12.3. The predicted molar refractivity (Wildman–Crippen MR) is 96.0 cm³/mol. The van der Waals surface area contributed by atoms with E-state index in [9.17, 15) is 23.5 Å². The molecule has 1 heterocycles. The quantitative estimate of drug-likeness (QED) is 0.833. The molecule has 0 bridgehead atoms. The first kappa shape index (κ1) is 19.3. The maximum Gasteiger partial charge on any atom is 0.412 e. The molecule has 27 heavy (non-hydrogen) atoms. The molecule has 1 aliphatic rings. The minimum atomic E-state index is -1.19. The molecule has 0 fully saturated rings. The Morgan fingerprint density at radius 2 is 2.04 bits per heavy atom. The van der Waals surface area contributed by atoms with E-state index in [1.54, 1.807) is 12.1 Å². The molecule has 8 heteroatoms. The van der Waals surface area contributed by atoms with Gasteiger partial charge in [0.25, 0.3) is 0 Å². The SMILES string of the molecule is O=C(NCC1(CO)CCSc2ccccc2C1=O)Oc1ccc(F)cc1F. The monoisotopic (exact) mass is 393 g/mol. The second kappa shape index (κ2) is 8.06. The number of ketones is 1. The number of carbonyl (C=O) groups excluding carboxylic acids is 2. The van der Waals surface area contributed by atoms with Gasteiger partial charge < -0.3 is 15.2 Å². The van der Waals surface area contributed by atoms with Gasteiger partial charge in [-0.1, -0.05) is 18.2 Å². The second-order valence-electron chi connectivity index (χ2n) is 6.18. The average Bonchev–Trinajstić information content (AvgIpc) is 2.80. The van der Waals surface area contributed by atoms with Crippen LogP contribution in [0.2, 0.25) is 0 Å². The van der Waals surface area contributed by atoms with Crippen LogP contribution in [0.4, 0.5) is 13.6 Å². The van der Waals surface area contributed by atoms with Gasteiger partial charge in [-0.15, -0.1) is 11.8 Å². The largest absolute Gasteiger partial charge is 0.412 e. The van der Waals surface area contributed by atoms with Crippen molar-refractivity contribution in [1.82, 2.24) is 5.32 Å².